The van der Waals surface area contributed by atoms with Gasteiger partial charge >= 0.3 is 12.2 Å². The van der Waals surface area contributed by atoms with Crippen LogP contribution in [-0.4, -0.2) is 87.0 Å². The van der Waals surface area contributed by atoms with E-state index in [0.29, 0.717) is 70.1 Å². The molecule has 2 fully saturated rings. The lowest BCUT2D eigenvalue weighted by Crippen LogP contribution is -2.42. The molecule has 58 heavy (non-hydrogen) atoms. The summed E-state index contributed by atoms with van der Waals surface area (Å²) in [6.45, 7) is 4.84. The maximum atomic E-state index is 13.8. The van der Waals surface area contributed by atoms with Crippen molar-refractivity contribution in [3.8, 4) is 31.2 Å². The Hall–Kier alpha value is -6.40. The summed E-state index contributed by atoms with van der Waals surface area (Å²) >= 11 is 2.99. The molecule has 6 aromatic rings. The van der Waals surface area contributed by atoms with Crippen molar-refractivity contribution in [2.75, 3.05) is 13.1 Å². The van der Waals surface area contributed by atoms with E-state index in [2.05, 4.69) is 20.6 Å². The molecule has 6 heterocycles. The van der Waals surface area contributed by atoms with Crippen LogP contribution in [0.1, 0.15) is 84.0 Å². The van der Waals surface area contributed by atoms with E-state index in [-0.39, 0.29) is 23.9 Å². The fraction of sp³-hybridized carbons (Fsp3) is 0.300. The van der Waals surface area contributed by atoms with Crippen LogP contribution in [-0.2, 0) is 9.59 Å². The van der Waals surface area contributed by atoms with Crippen LogP contribution in [0.2, 0.25) is 0 Å². The van der Waals surface area contributed by atoms with Gasteiger partial charge in [0, 0.05) is 25.5 Å². The minimum absolute atomic E-state index is 0.333. The monoisotopic (exact) mass is 820 g/mol. The fourth-order valence-corrected chi connectivity index (χ4v) is 10.0. The van der Waals surface area contributed by atoms with E-state index in [0.717, 1.165) is 34.0 Å². The van der Waals surface area contributed by atoms with Crippen molar-refractivity contribution in [1.29, 1.82) is 0 Å². The number of hydrogen-bond acceptors (Lipinski definition) is 10. The molecule has 4 amide bonds. The first-order valence-corrected chi connectivity index (χ1v) is 20.5. The van der Waals surface area contributed by atoms with Gasteiger partial charge in [0.1, 0.15) is 45.1 Å². The molecule has 0 bridgehead atoms. The summed E-state index contributed by atoms with van der Waals surface area (Å²) in [6.07, 6.45) is 3.88. The number of rotatable bonds is 11. The lowest BCUT2D eigenvalue weighted by Gasteiger charge is -2.28. The highest BCUT2D eigenvalue weighted by molar-refractivity contribution is 7.25. The lowest BCUT2D eigenvalue weighted by atomic mass is 10.1. The molecule has 16 nitrogen and oxygen atoms in total. The largest absolute Gasteiger partial charge is 0.465 e. The number of aromatic amines is 2. The molecule has 0 spiro atoms. The molecule has 2 aliphatic rings. The Balaban J connectivity index is 0.992. The smallest absolute Gasteiger partial charge is 0.405 e. The van der Waals surface area contributed by atoms with Crippen molar-refractivity contribution in [1.82, 2.24) is 50.3 Å². The number of nitrogens with zero attached hydrogens (tertiary/aromatic N) is 6. The molecule has 0 aliphatic carbocycles. The van der Waals surface area contributed by atoms with E-state index >= 15 is 0 Å². The summed E-state index contributed by atoms with van der Waals surface area (Å²) in [5.74, 6) is 0.556. The minimum Gasteiger partial charge on any atom is -0.465 e. The molecule has 8 rings (SSSR count). The number of thiazole rings is 2. The number of carboxylic acid groups (broad SMARTS) is 2. The van der Waals surface area contributed by atoms with E-state index in [1.165, 1.54) is 22.7 Å². The van der Waals surface area contributed by atoms with Crippen molar-refractivity contribution in [3.05, 3.63) is 107 Å². The van der Waals surface area contributed by atoms with E-state index in [1.807, 2.05) is 26.0 Å². The van der Waals surface area contributed by atoms with Crippen LogP contribution in [0.4, 0.5) is 9.59 Å². The van der Waals surface area contributed by atoms with Crippen LogP contribution in [0.5, 0.6) is 0 Å². The molecule has 2 aliphatic heterocycles. The lowest BCUT2D eigenvalue weighted by molar-refractivity contribution is -0.135. The molecule has 2 saturated heterocycles. The number of amides is 4. The van der Waals surface area contributed by atoms with Gasteiger partial charge in [-0.1, -0.05) is 60.7 Å². The van der Waals surface area contributed by atoms with Gasteiger partial charge in [-0.05, 0) is 50.7 Å². The van der Waals surface area contributed by atoms with Crippen LogP contribution >= 0.6 is 22.7 Å². The molecule has 4 atom stereocenters. The summed E-state index contributed by atoms with van der Waals surface area (Å²) in [6, 6.07) is 14.9. The summed E-state index contributed by atoms with van der Waals surface area (Å²) in [4.78, 5) is 82.2. The molecule has 0 saturated carbocycles. The number of H-pyrrole nitrogens is 2. The Bertz CT molecular complexity index is 2290. The Morgan fingerprint density at radius 3 is 1.43 bits per heavy atom. The van der Waals surface area contributed by atoms with Gasteiger partial charge in [0.05, 0.1) is 33.2 Å². The van der Waals surface area contributed by atoms with Crippen molar-refractivity contribution in [2.45, 2.75) is 63.7 Å². The quantitative estimate of drug-likeness (QED) is 0.0785. The highest BCUT2D eigenvalue weighted by Gasteiger charge is 2.38. The van der Waals surface area contributed by atoms with Crippen LogP contribution in [0.3, 0.4) is 0 Å². The second-order valence-corrected chi connectivity index (χ2v) is 16.2. The Morgan fingerprint density at radius 2 is 1.05 bits per heavy atom. The molecular weight excluding hydrogens is 781 g/mol. The van der Waals surface area contributed by atoms with Gasteiger partial charge in [0.15, 0.2) is 0 Å². The second-order valence-electron chi connectivity index (χ2n) is 14.2. The normalized spacial score (nSPS) is 17.6. The van der Waals surface area contributed by atoms with E-state index in [9.17, 15) is 29.4 Å². The standard InChI is InChI=1S/C40H40N10O6S2/c1-21-31(57-35(43-21)25-19-41-33(45-25)27-15-9-17-49(27)37(51)29(47-39(53)54)23-11-5-3-6-12-23)32-22(2)44-36(58-32)26-20-42-34(46-26)28-16-10-18-50(28)38(52)30(48-40(55)56)24-13-7-4-8-14-24/h3-8,11-14,19-20,27-30,47-48H,9-10,15-18H2,1-2H3,(H,41,45)(H,42,46)(H,53,54)(H,55,56)/t27-,28?,29+,30?/m0/s1. The zero-order chi connectivity index (χ0) is 40.5. The Morgan fingerprint density at radius 1 is 0.655 bits per heavy atom. The first-order valence-electron chi connectivity index (χ1n) is 18.8. The highest BCUT2D eigenvalue weighted by Crippen LogP contribution is 2.43. The number of likely N-dealkylation sites (tertiary alicyclic amines) is 2. The van der Waals surface area contributed by atoms with Gasteiger partial charge in [-0.25, -0.2) is 29.5 Å². The fourth-order valence-electron chi connectivity index (χ4n) is 7.74. The number of benzene rings is 2. The second kappa shape index (κ2) is 16.2. The summed E-state index contributed by atoms with van der Waals surface area (Å²) < 4.78 is 0. The van der Waals surface area contributed by atoms with Crippen molar-refractivity contribution < 1.29 is 29.4 Å². The third kappa shape index (κ3) is 7.67. The number of imidazole rings is 2. The predicted molar refractivity (Wildman–Crippen MR) is 216 cm³/mol. The van der Waals surface area contributed by atoms with Crippen LogP contribution in [0.25, 0.3) is 31.2 Å². The first-order chi connectivity index (χ1) is 28.0. The molecule has 4 aromatic heterocycles. The Labute approximate surface area is 340 Å². The average Bonchev–Trinajstić information content (AvgIpc) is 4.07. The first kappa shape index (κ1) is 38.5. The molecule has 18 heteroatoms. The minimum atomic E-state index is -1.28. The Kier molecular flexibility index (Phi) is 10.8. The number of aryl methyl sites for hydroxylation is 2. The topological polar surface area (TPSA) is 222 Å². The molecule has 2 aromatic carbocycles. The highest BCUT2D eigenvalue weighted by atomic mass is 32.1. The van der Waals surface area contributed by atoms with E-state index in [4.69, 9.17) is 19.9 Å². The maximum absolute atomic E-state index is 13.8. The third-order valence-electron chi connectivity index (χ3n) is 10.4. The van der Waals surface area contributed by atoms with Crippen LogP contribution in [0.15, 0.2) is 73.1 Å². The van der Waals surface area contributed by atoms with Gasteiger partial charge in [0.25, 0.3) is 11.8 Å². The molecule has 6 N–H and O–H groups in total. The third-order valence-corrected chi connectivity index (χ3v) is 13.0. The average molecular weight is 821 g/mol. The molecular formula is C40H40N10O6S2. The molecule has 298 valence electrons. The number of carbonyl (C=O) groups is 4. The molecule has 2 unspecified atom stereocenters. The van der Waals surface area contributed by atoms with Crippen molar-refractivity contribution >= 4 is 46.7 Å². The maximum Gasteiger partial charge on any atom is 0.405 e. The van der Waals surface area contributed by atoms with E-state index < -0.39 is 24.3 Å². The number of carbonyl (C=O) groups excluding carboxylic acids is 2. The van der Waals surface area contributed by atoms with Crippen molar-refractivity contribution in [2.24, 2.45) is 0 Å². The number of hydrogen-bond donors (Lipinski definition) is 6. The number of nitrogens with one attached hydrogen (secondary N) is 4. The summed E-state index contributed by atoms with van der Waals surface area (Å²) in [5.41, 5.74) is 4.05. The molecule has 0 radical (unpaired) electrons. The zero-order valence-electron chi connectivity index (χ0n) is 31.5. The summed E-state index contributed by atoms with van der Waals surface area (Å²) in [7, 11) is 0. The van der Waals surface area contributed by atoms with Crippen LogP contribution in [0, 0.1) is 13.8 Å². The predicted octanol–water partition coefficient (Wildman–Crippen LogP) is 7.01. The van der Waals surface area contributed by atoms with Gasteiger partial charge in [-0.3, -0.25) is 9.59 Å². The van der Waals surface area contributed by atoms with Crippen molar-refractivity contribution in [3.63, 3.8) is 0 Å². The van der Waals surface area contributed by atoms with Gasteiger partial charge in [0.2, 0.25) is 0 Å². The summed E-state index contributed by atoms with van der Waals surface area (Å²) in [5, 5.41) is 25.2. The SMILES string of the molecule is Cc1nc(-c2c[nH]c(C3CCCN3C(=O)C(NC(=O)O)c3ccccc3)n2)sc1-c1sc(-c2c[nH]c([C@@H]3CCCN3C(=O)[C@H](NC(=O)O)c3ccccc3)n2)nc1C. The van der Waals surface area contributed by atoms with E-state index in [1.54, 1.807) is 70.7 Å². The van der Waals surface area contributed by atoms with Gasteiger partial charge in [-0.15, -0.1) is 22.7 Å². The van der Waals surface area contributed by atoms with Crippen LogP contribution < -0.4 is 10.6 Å². The van der Waals surface area contributed by atoms with Gasteiger partial charge < -0.3 is 40.6 Å². The zero-order valence-corrected chi connectivity index (χ0v) is 33.1. The van der Waals surface area contributed by atoms with Gasteiger partial charge in [-0.2, -0.15) is 0 Å². The number of aromatic nitrogens is 6.